The number of nitrogens with zero attached hydrogens (tertiary/aromatic N) is 1. The standard InChI is InChI=1S/C10H13NO2/c12-7-10(13)5-1-3-8-4-2-6-11-9(8)10/h2,4,6,12-13H,1,3,5,7H2. The van der Waals surface area contributed by atoms with Gasteiger partial charge in [-0.25, -0.2) is 0 Å². The molecule has 0 aromatic carbocycles. The Morgan fingerprint density at radius 3 is 3.15 bits per heavy atom. The summed E-state index contributed by atoms with van der Waals surface area (Å²) < 4.78 is 0. The van der Waals surface area contributed by atoms with E-state index in [9.17, 15) is 5.11 Å². The lowest BCUT2D eigenvalue weighted by Crippen LogP contribution is -2.35. The molecule has 3 nitrogen and oxygen atoms in total. The van der Waals surface area contributed by atoms with Gasteiger partial charge in [0.2, 0.25) is 0 Å². The average Bonchev–Trinajstić information content (AvgIpc) is 2.19. The molecule has 1 aliphatic carbocycles. The fourth-order valence-electron chi connectivity index (χ4n) is 1.90. The first-order valence-corrected chi connectivity index (χ1v) is 4.54. The van der Waals surface area contributed by atoms with Crippen LogP contribution in [0.2, 0.25) is 0 Å². The molecule has 3 heteroatoms. The van der Waals surface area contributed by atoms with Crippen LogP contribution in [0, 0.1) is 0 Å². The minimum absolute atomic E-state index is 0.239. The highest BCUT2D eigenvalue weighted by Gasteiger charge is 2.34. The number of pyridine rings is 1. The molecule has 13 heavy (non-hydrogen) atoms. The fraction of sp³-hybridized carbons (Fsp3) is 0.500. The number of aliphatic hydroxyl groups is 2. The minimum atomic E-state index is -1.10. The monoisotopic (exact) mass is 179 g/mol. The van der Waals surface area contributed by atoms with E-state index < -0.39 is 5.60 Å². The van der Waals surface area contributed by atoms with Crippen LogP contribution in [-0.2, 0) is 12.0 Å². The molecular formula is C10H13NO2. The molecule has 0 saturated carbocycles. The molecule has 70 valence electrons. The molecule has 0 amide bonds. The molecule has 0 fully saturated rings. The van der Waals surface area contributed by atoms with Crippen LogP contribution in [0.15, 0.2) is 18.3 Å². The molecule has 1 aromatic rings. The van der Waals surface area contributed by atoms with Gasteiger partial charge in [-0.2, -0.15) is 0 Å². The van der Waals surface area contributed by atoms with E-state index in [0.29, 0.717) is 12.1 Å². The summed E-state index contributed by atoms with van der Waals surface area (Å²) in [5, 5.41) is 19.1. The number of hydrogen-bond donors (Lipinski definition) is 2. The van der Waals surface area contributed by atoms with Crippen molar-refractivity contribution in [2.24, 2.45) is 0 Å². The van der Waals surface area contributed by atoms with Crippen LogP contribution in [0.1, 0.15) is 24.1 Å². The van der Waals surface area contributed by atoms with Crippen molar-refractivity contribution in [1.82, 2.24) is 4.98 Å². The Kier molecular flexibility index (Phi) is 2.06. The zero-order chi connectivity index (χ0) is 9.31. The Hall–Kier alpha value is -0.930. The van der Waals surface area contributed by atoms with Crippen molar-refractivity contribution < 1.29 is 10.2 Å². The molecule has 0 spiro atoms. The lowest BCUT2D eigenvalue weighted by molar-refractivity contribution is -0.0363. The van der Waals surface area contributed by atoms with E-state index in [1.165, 1.54) is 0 Å². The summed E-state index contributed by atoms with van der Waals surface area (Å²) in [7, 11) is 0. The molecule has 1 aliphatic rings. The van der Waals surface area contributed by atoms with Gasteiger partial charge in [0.1, 0.15) is 5.60 Å². The quantitative estimate of drug-likeness (QED) is 0.663. The zero-order valence-corrected chi connectivity index (χ0v) is 7.40. The third-order valence-corrected chi connectivity index (χ3v) is 2.63. The smallest absolute Gasteiger partial charge is 0.130 e. The fourth-order valence-corrected chi connectivity index (χ4v) is 1.90. The first-order chi connectivity index (χ1) is 6.26. The topological polar surface area (TPSA) is 53.4 Å². The molecular weight excluding hydrogens is 166 g/mol. The van der Waals surface area contributed by atoms with E-state index in [1.807, 2.05) is 12.1 Å². The van der Waals surface area contributed by atoms with Crippen LogP contribution in [-0.4, -0.2) is 21.8 Å². The highest BCUT2D eigenvalue weighted by molar-refractivity contribution is 5.28. The molecule has 1 unspecified atom stereocenters. The first kappa shape index (κ1) is 8.66. The summed E-state index contributed by atoms with van der Waals surface area (Å²) in [6, 6.07) is 3.82. The van der Waals surface area contributed by atoms with Crippen molar-refractivity contribution in [3.8, 4) is 0 Å². The Balaban J connectivity index is 2.48. The molecule has 2 N–H and O–H groups in total. The highest BCUT2D eigenvalue weighted by Crippen LogP contribution is 2.32. The van der Waals surface area contributed by atoms with Gasteiger partial charge < -0.3 is 10.2 Å². The van der Waals surface area contributed by atoms with Gasteiger partial charge in [-0.1, -0.05) is 6.07 Å². The van der Waals surface area contributed by atoms with E-state index in [4.69, 9.17) is 5.11 Å². The lowest BCUT2D eigenvalue weighted by atomic mass is 9.83. The van der Waals surface area contributed by atoms with Gasteiger partial charge in [0.25, 0.3) is 0 Å². The van der Waals surface area contributed by atoms with Gasteiger partial charge in [-0.3, -0.25) is 4.98 Å². The average molecular weight is 179 g/mol. The van der Waals surface area contributed by atoms with Gasteiger partial charge >= 0.3 is 0 Å². The Labute approximate surface area is 77.1 Å². The summed E-state index contributed by atoms with van der Waals surface area (Å²) in [5.41, 5.74) is 0.614. The van der Waals surface area contributed by atoms with E-state index in [1.54, 1.807) is 6.20 Å². The normalized spacial score (nSPS) is 26.9. The van der Waals surface area contributed by atoms with Crippen LogP contribution in [0.5, 0.6) is 0 Å². The summed E-state index contributed by atoms with van der Waals surface area (Å²) in [6.45, 7) is -0.239. The molecule has 1 aromatic heterocycles. The van der Waals surface area contributed by atoms with Gasteiger partial charge in [-0.15, -0.1) is 0 Å². The minimum Gasteiger partial charge on any atom is -0.393 e. The number of hydrogen-bond acceptors (Lipinski definition) is 3. The molecule has 1 atom stereocenters. The van der Waals surface area contributed by atoms with E-state index in [-0.39, 0.29) is 6.61 Å². The van der Waals surface area contributed by atoms with Crippen LogP contribution in [0.4, 0.5) is 0 Å². The summed E-state index contributed by atoms with van der Waals surface area (Å²) in [6.07, 6.45) is 4.12. The number of aryl methyl sites for hydroxylation is 1. The van der Waals surface area contributed by atoms with E-state index in [0.717, 1.165) is 18.4 Å². The highest BCUT2D eigenvalue weighted by atomic mass is 16.3. The maximum absolute atomic E-state index is 10.0. The van der Waals surface area contributed by atoms with Crippen LogP contribution in [0.25, 0.3) is 0 Å². The second kappa shape index (κ2) is 3.09. The zero-order valence-electron chi connectivity index (χ0n) is 7.40. The molecule has 2 rings (SSSR count). The van der Waals surface area contributed by atoms with Crippen molar-refractivity contribution in [3.63, 3.8) is 0 Å². The van der Waals surface area contributed by atoms with Crippen LogP contribution < -0.4 is 0 Å². The van der Waals surface area contributed by atoms with E-state index >= 15 is 0 Å². The largest absolute Gasteiger partial charge is 0.393 e. The lowest BCUT2D eigenvalue weighted by Gasteiger charge is -2.31. The predicted octanol–water partition coefficient (Wildman–Crippen LogP) is 0.598. The summed E-state index contributed by atoms with van der Waals surface area (Å²) in [5.74, 6) is 0. The van der Waals surface area contributed by atoms with Crippen LogP contribution in [0.3, 0.4) is 0 Å². The van der Waals surface area contributed by atoms with Crippen molar-refractivity contribution in [3.05, 3.63) is 29.6 Å². The molecule has 0 radical (unpaired) electrons. The van der Waals surface area contributed by atoms with Gasteiger partial charge in [-0.05, 0) is 30.9 Å². The van der Waals surface area contributed by atoms with Crippen molar-refractivity contribution in [2.45, 2.75) is 24.9 Å². The van der Waals surface area contributed by atoms with Crippen LogP contribution >= 0.6 is 0 Å². The number of aromatic nitrogens is 1. The predicted molar refractivity (Wildman–Crippen MR) is 48.2 cm³/mol. The summed E-state index contributed by atoms with van der Waals surface area (Å²) >= 11 is 0. The Bertz CT molecular complexity index is 314. The van der Waals surface area contributed by atoms with Crippen molar-refractivity contribution >= 4 is 0 Å². The Morgan fingerprint density at radius 2 is 2.38 bits per heavy atom. The maximum atomic E-state index is 10.0. The first-order valence-electron chi connectivity index (χ1n) is 4.54. The molecule has 0 saturated heterocycles. The number of rotatable bonds is 1. The van der Waals surface area contributed by atoms with Crippen molar-refractivity contribution in [1.29, 1.82) is 0 Å². The second-order valence-electron chi connectivity index (χ2n) is 3.55. The molecule has 0 bridgehead atoms. The number of aliphatic hydroxyl groups excluding tert-OH is 1. The molecule has 1 heterocycles. The third-order valence-electron chi connectivity index (χ3n) is 2.63. The number of fused-ring (bicyclic) bond motifs is 1. The SMILES string of the molecule is OCC1(O)CCCc2cccnc21. The summed E-state index contributed by atoms with van der Waals surface area (Å²) in [4.78, 5) is 4.13. The van der Waals surface area contributed by atoms with Gasteiger partial charge in [0.05, 0.1) is 12.3 Å². The maximum Gasteiger partial charge on any atom is 0.130 e. The van der Waals surface area contributed by atoms with Gasteiger partial charge in [0.15, 0.2) is 0 Å². The van der Waals surface area contributed by atoms with E-state index in [2.05, 4.69) is 4.98 Å². The Morgan fingerprint density at radius 1 is 1.54 bits per heavy atom. The van der Waals surface area contributed by atoms with Crippen molar-refractivity contribution in [2.75, 3.05) is 6.61 Å². The molecule has 0 aliphatic heterocycles. The second-order valence-corrected chi connectivity index (χ2v) is 3.55. The van der Waals surface area contributed by atoms with Gasteiger partial charge in [0, 0.05) is 6.20 Å². The third kappa shape index (κ3) is 1.34.